The lowest BCUT2D eigenvalue weighted by Crippen LogP contribution is -2.42. The maximum Gasteiger partial charge on any atom is 0.223 e. The maximum absolute atomic E-state index is 14.3. The van der Waals surface area contributed by atoms with Crippen LogP contribution in [0, 0.1) is 11.7 Å². The number of rotatable bonds is 7. The molecule has 1 saturated carbocycles. The van der Waals surface area contributed by atoms with Crippen LogP contribution in [0.5, 0.6) is 11.5 Å². The summed E-state index contributed by atoms with van der Waals surface area (Å²) < 4.78 is 25.2. The summed E-state index contributed by atoms with van der Waals surface area (Å²) in [6, 6.07) is 10.8. The van der Waals surface area contributed by atoms with E-state index in [1.54, 1.807) is 20.3 Å². The number of ether oxygens (including phenoxy) is 2. The zero-order valence-electron chi connectivity index (χ0n) is 16.9. The summed E-state index contributed by atoms with van der Waals surface area (Å²) in [5.74, 6) is 1.44. The van der Waals surface area contributed by atoms with Crippen molar-refractivity contribution in [3.8, 4) is 11.5 Å². The van der Waals surface area contributed by atoms with Crippen LogP contribution in [0.25, 0.3) is 0 Å². The van der Waals surface area contributed by atoms with Crippen LogP contribution < -0.4 is 14.8 Å². The average molecular weight is 398 g/mol. The van der Waals surface area contributed by atoms with Gasteiger partial charge >= 0.3 is 0 Å². The molecular formula is C23H27FN2O3. The van der Waals surface area contributed by atoms with Crippen molar-refractivity contribution in [1.82, 2.24) is 10.2 Å². The van der Waals surface area contributed by atoms with Crippen molar-refractivity contribution in [3.63, 3.8) is 0 Å². The van der Waals surface area contributed by atoms with Crippen LogP contribution >= 0.6 is 0 Å². The number of amides is 1. The first-order valence-corrected chi connectivity index (χ1v) is 10.1. The zero-order valence-corrected chi connectivity index (χ0v) is 16.9. The van der Waals surface area contributed by atoms with Gasteiger partial charge in [0, 0.05) is 31.1 Å². The Morgan fingerprint density at radius 1 is 1.17 bits per heavy atom. The number of carbonyl (C=O) groups excluding carboxylic acids is 1. The fraction of sp³-hybridized carbons (Fsp3) is 0.435. The van der Waals surface area contributed by atoms with Crippen LogP contribution in [0.2, 0.25) is 0 Å². The van der Waals surface area contributed by atoms with Gasteiger partial charge in [-0.25, -0.2) is 4.39 Å². The highest BCUT2D eigenvalue weighted by molar-refractivity contribution is 5.80. The molecule has 2 aromatic rings. The highest BCUT2D eigenvalue weighted by Gasteiger charge is 2.33. The Labute approximate surface area is 170 Å². The number of fused-ring (bicyclic) bond motifs is 1. The number of nitrogens with zero attached hydrogens (tertiary/aromatic N) is 1. The van der Waals surface area contributed by atoms with E-state index in [2.05, 4.69) is 10.2 Å². The van der Waals surface area contributed by atoms with Gasteiger partial charge in [0.05, 0.1) is 20.3 Å². The van der Waals surface area contributed by atoms with Gasteiger partial charge in [-0.15, -0.1) is 0 Å². The lowest BCUT2D eigenvalue weighted by atomic mass is 9.91. The van der Waals surface area contributed by atoms with Gasteiger partial charge in [0.25, 0.3) is 0 Å². The van der Waals surface area contributed by atoms with Gasteiger partial charge in [-0.1, -0.05) is 18.2 Å². The summed E-state index contributed by atoms with van der Waals surface area (Å²) in [6.07, 6.45) is 2.77. The van der Waals surface area contributed by atoms with E-state index in [0.29, 0.717) is 30.2 Å². The SMILES string of the molecule is COc1cc2c(cc1OC)[C@@H](CNC(=O)C1CC1)N(Cc1ccccc1F)CC2. The highest BCUT2D eigenvalue weighted by atomic mass is 19.1. The van der Waals surface area contributed by atoms with Crippen molar-refractivity contribution < 1.29 is 18.7 Å². The van der Waals surface area contributed by atoms with Crippen molar-refractivity contribution in [2.24, 2.45) is 5.92 Å². The minimum Gasteiger partial charge on any atom is -0.493 e. The Hall–Kier alpha value is -2.60. The first kappa shape index (κ1) is 19.7. The minimum atomic E-state index is -0.202. The molecule has 4 rings (SSSR count). The van der Waals surface area contributed by atoms with Crippen LogP contribution in [0.1, 0.15) is 35.6 Å². The van der Waals surface area contributed by atoms with E-state index in [1.807, 2.05) is 24.3 Å². The molecule has 2 aromatic carbocycles. The lowest BCUT2D eigenvalue weighted by Gasteiger charge is -2.38. The molecule has 2 aliphatic rings. The standard InChI is InChI=1S/C23H27FN2O3/c1-28-21-11-16-9-10-26(14-17-5-3-4-6-19(17)24)20(18(16)12-22(21)29-2)13-25-23(27)15-7-8-15/h3-6,11-12,15,20H,7-10,13-14H2,1-2H3,(H,25,27)/t20-/m1/s1. The molecule has 1 heterocycles. The lowest BCUT2D eigenvalue weighted by molar-refractivity contribution is -0.122. The summed E-state index contributed by atoms with van der Waals surface area (Å²) in [5, 5.41) is 3.11. The molecule has 29 heavy (non-hydrogen) atoms. The molecule has 0 saturated heterocycles. The van der Waals surface area contributed by atoms with Gasteiger partial charge < -0.3 is 14.8 Å². The second-order valence-corrected chi connectivity index (χ2v) is 7.75. The van der Waals surface area contributed by atoms with Gasteiger partial charge in [0.1, 0.15) is 5.82 Å². The molecule has 1 aliphatic heterocycles. The van der Waals surface area contributed by atoms with Crippen molar-refractivity contribution in [2.45, 2.75) is 31.8 Å². The van der Waals surface area contributed by atoms with E-state index in [9.17, 15) is 9.18 Å². The molecule has 6 heteroatoms. The van der Waals surface area contributed by atoms with E-state index in [-0.39, 0.29) is 23.7 Å². The van der Waals surface area contributed by atoms with Crippen LogP contribution in [0.3, 0.4) is 0 Å². The number of nitrogens with one attached hydrogen (secondary N) is 1. The van der Waals surface area contributed by atoms with Gasteiger partial charge in [-0.3, -0.25) is 9.69 Å². The molecule has 0 spiro atoms. The fourth-order valence-corrected chi connectivity index (χ4v) is 4.04. The average Bonchev–Trinajstić information content (AvgIpc) is 3.58. The Kier molecular flexibility index (Phi) is 5.72. The van der Waals surface area contributed by atoms with E-state index in [4.69, 9.17) is 9.47 Å². The van der Waals surface area contributed by atoms with Crippen LogP contribution in [0.4, 0.5) is 4.39 Å². The Bertz CT molecular complexity index is 898. The number of hydrogen-bond donors (Lipinski definition) is 1. The van der Waals surface area contributed by atoms with Crippen LogP contribution in [-0.4, -0.2) is 38.1 Å². The predicted molar refractivity (Wildman–Crippen MR) is 109 cm³/mol. The first-order valence-electron chi connectivity index (χ1n) is 10.1. The Morgan fingerprint density at radius 3 is 2.59 bits per heavy atom. The molecule has 0 unspecified atom stereocenters. The smallest absolute Gasteiger partial charge is 0.223 e. The summed E-state index contributed by atoms with van der Waals surface area (Å²) in [5.41, 5.74) is 2.94. The molecule has 1 fully saturated rings. The number of hydrogen-bond acceptors (Lipinski definition) is 4. The normalized spacial score (nSPS) is 18.8. The summed E-state index contributed by atoms with van der Waals surface area (Å²) in [6.45, 7) is 1.76. The third-order valence-electron chi connectivity index (χ3n) is 5.86. The molecular weight excluding hydrogens is 371 g/mol. The molecule has 1 amide bonds. The van der Waals surface area contributed by atoms with Crippen molar-refractivity contribution >= 4 is 5.91 Å². The zero-order chi connectivity index (χ0) is 20.4. The molecule has 1 aliphatic carbocycles. The second kappa shape index (κ2) is 8.41. The van der Waals surface area contributed by atoms with Gasteiger partial charge in [0.2, 0.25) is 5.91 Å². The van der Waals surface area contributed by atoms with Gasteiger partial charge in [-0.2, -0.15) is 0 Å². The molecule has 1 atom stereocenters. The van der Waals surface area contributed by atoms with E-state index < -0.39 is 0 Å². The molecule has 5 nitrogen and oxygen atoms in total. The van der Waals surface area contributed by atoms with Crippen LogP contribution in [-0.2, 0) is 17.8 Å². The molecule has 154 valence electrons. The van der Waals surface area contributed by atoms with Crippen LogP contribution in [0.15, 0.2) is 36.4 Å². The third-order valence-corrected chi connectivity index (χ3v) is 5.86. The fourth-order valence-electron chi connectivity index (χ4n) is 4.04. The van der Waals surface area contributed by atoms with Gasteiger partial charge in [-0.05, 0) is 48.6 Å². The van der Waals surface area contributed by atoms with Crippen molar-refractivity contribution in [3.05, 3.63) is 58.9 Å². The van der Waals surface area contributed by atoms with E-state index in [1.165, 1.54) is 11.6 Å². The van der Waals surface area contributed by atoms with Gasteiger partial charge in [0.15, 0.2) is 11.5 Å². The van der Waals surface area contributed by atoms with E-state index in [0.717, 1.165) is 31.4 Å². The topological polar surface area (TPSA) is 50.8 Å². The third kappa shape index (κ3) is 4.22. The number of benzene rings is 2. The molecule has 0 bridgehead atoms. The Balaban J connectivity index is 1.64. The van der Waals surface area contributed by atoms with Crippen molar-refractivity contribution in [2.75, 3.05) is 27.3 Å². The summed E-state index contributed by atoms with van der Waals surface area (Å²) >= 11 is 0. The monoisotopic (exact) mass is 398 g/mol. The number of methoxy groups -OCH3 is 2. The molecule has 0 aromatic heterocycles. The van der Waals surface area contributed by atoms with Crippen molar-refractivity contribution in [1.29, 1.82) is 0 Å². The quantitative estimate of drug-likeness (QED) is 0.776. The first-order chi connectivity index (χ1) is 14.1. The minimum absolute atomic E-state index is 0.0548. The summed E-state index contributed by atoms with van der Waals surface area (Å²) in [7, 11) is 3.25. The number of carbonyl (C=O) groups is 1. The van der Waals surface area contributed by atoms with E-state index >= 15 is 0 Å². The second-order valence-electron chi connectivity index (χ2n) is 7.75. The molecule has 0 radical (unpaired) electrons. The highest BCUT2D eigenvalue weighted by Crippen LogP contribution is 2.39. The predicted octanol–water partition coefficient (Wildman–Crippen LogP) is 3.47. The number of halogens is 1. The Morgan fingerprint density at radius 2 is 1.90 bits per heavy atom. The maximum atomic E-state index is 14.3. The largest absolute Gasteiger partial charge is 0.493 e. The molecule has 1 N–H and O–H groups in total. The summed E-state index contributed by atoms with van der Waals surface area (Å²) in [4.78, 5) is 14.5.